The summed E-state index contributed by atoms with van der Waals surface area (Å²) in [6, 6.07) is 12.0. The number of halogens is 1. The van der Waals surface area contributed by atoms with E-state index in [-0.39, 0.29) is 5.82 Å². The fourth-order valence-corrected chi connectivity index (χ4v) is 3.17. The molecule has 27 heavy (non-hydrogen) atoms. The Labute approximate surface area is 158 Å². The van der Waals surface area contributed by atoms with Crippen LogP contribution in [0, 0.1) is 19.7 Å². The third-order valence-electron chi connectivity index (χ3n) is 4.07. The molecule has 9 heteroatoms. The van der Waals surface area contributed by atoms with Crippen LogP contribution in [-0.4, -0.2) is 30.3 Å². The van der Waals surface area contributed by atoms with E-state index in [1.54, 1.807) is 16.8 Å². The predicted molar refractivity (Wildman–Crippen MR) is 97.9 cm³/mol. The fourth-order valence-electron chi connectivity index (χ4n) is 2.44. The molecule has 0 amide bonds. The maximum absolute atomic E-state index is 13.0. The van der Waals surface area contributed by atoms with Crippen molar-refractivity contribution in [3.63, 3.8) is 0 Å². The number of aromatic nitrogens is 6. The summed E-state index contributed by atoms with van der Waals surface area (Å²) in [5.74, 6) is 0.962. The third kappa shape index (κ3) is 3.72. The first-order valence-corrected chi connectivity index (χ1v) is 9.16. The second-order valence-electron chi connectivity index (χ2n) is 5.95. The first-order chi connectivity index (χ1) is 13.1. The van der Waals surface area contributed by atoms with Gasteiger partial charge in [-0.2, -0.15) is 9.67 Å². The number of hydrogen-bond acceptors (Lipinski definition) is 7. The number of rotatable bonds is 5. The Morgan fingerprint density at radius 1 is 1.07 bits per heavy atom. The molecule has 0 N–H and O–H groups in total. The van der Waals surface area contributed by atoms with Crippen LogP contribution >= 0.6 is 11.8 Å². The lowest BCUT2D eigenvalue weighted by molar-refractivity contribution is 0.391. The quantitative estimate of drug-likeness (QED) is 0.486. The highest BCUT2D eigenvalue weighted by Crippen LogP contribution is 2.24. The average Bonchev–Trinajstić information content (AvgIpc) is 3.32. The molecule has 0 saturated heterocycles. The summed E-state index contributed by atoms with van der Waals surface area (Å²) >= 11 is 1.39. The SMILES string of the molecule is Cc1ccc(-n2nnnc2SCc2nc(-c3ccc(F)cc3)no2)cc1C. The van der Waals surface area contributed by atoms with E-state index in [9.17, 15) is 4.39 Å². The van der Waals surface area contributed by atoms with Gasteiger partial charge in [0.25, 0.3) is 0 Å². The number of nitrogens with zero attached hydrogens (tertiary/aromatic N) is 6. The van der Waals surface area contributed by atoms with E-state index in [1.165, 1.54) is 35.0 Å². The van der Waals surface area contributed by atoms with Gasteiger partial charge in [0.15, 0.2) is 0 Å². The lowest BCUT2D eigenvalue weighted by Gasteiger charge is -2.06. The first kappa shape index (κ1) is 17.3. The Bertz CT molecular complexity index is 1080. The van der Waals surface area contributed by atoms with Gasteiger partial charge in [0, 0.05) is 5.56 Å². The van der Waals surface area contributed by atoms with Crippen LogP contribution in [-0.2, 0) is 5.75 Å². The summed E-state index contributed by atoms with van der Waals surface area (Å²) in [5, 5.41) is 16.5. The second kappa shape index (κ2) is 7.28. The zero-order valence-corrected chi connectivity index (χ0v) is 15.4. The molecule has 0 saturated carbocycles. The second-order valence-corrected chi connectivity index (χ2v) is 6.89. The Balaban J connectivity index is 1.49. The lowest BCUT2D eigenvalue weighted by Crippen LogP contribution is -2.00. The minimum atomic E-state index is -0.309. The number of benzene rings is 2. The van der Waals surface area contributed by atoms with E-state index in [2.05, 4.69) is 32.6 Å². The molecule has 0 spiro atoms. The minimum Gasteiger partial charge on any atom is -0.338 e. The largest absolute Gasteiger partial charge is 0.338 e. The molecule has 0 fully saturated rings. The summed E-state index contributed by atoms with van der Waals surface area (Å²) in [5.41, 5.74) is 3.96. The topological polar surface area (TPSA) is 82.5 Å². The van der Waals surface area contributed by atoms with Gasteiger partial charge in [-0.05, 0) is 71.8 Å². The molecule has 0 unspecified atom stereocenters. The molecule has 0 atom stereocenters. The normalized spacial score (nSPS) is 11.1. The van der Waals surface area contributed by atoms with Gasteiger partial charge in [-0.1, -0.05) is 23.0 Å². The Morgan fingerprint density at radius 3 is 2.67 bits per heavy atom. The van der Waals surface area contributed by atoms with Crippen LogP contribution in [0.5, 0.6) is 0 Å². The van der Waals surface area contributed by atoms with Gasteiger partial charge in [0.2, 0.25) is 16.9 Å². The molecule has 0 bridgehead atoms. The average molecular weight is 382 g/mol. The van der Waals surface area contributed by atoms with Crippen LogP contribution in [0.15, 0.2) is 52.1 Å². The van der Waals surface area contributed by atoms with Crippen LogP contribution in [0.4, 0.5) is 4.39 Å². The van der Waals surface area contributed by atoms with Crippen molar-refractivity contribution < 1.29 is 8.91 Å². The summed E-state index contributed by atoms with van der Waals surface area (Å²) < 4.78 is 20.0. The van der Waals surface area contributed by atoms with E-state index in [4.69, 9.17) is 4.52 Å². The molecule has 2 heterocycles. The van der Waals surface area contributed by atoms with Crippen LogP contribution in [0.1, 0.15) is 17.0 Å². The Kier molecular flexibility index (Phi) is 4.68. The number of aryl methyl sites for hydroxylation is 2. The van der Waals surface area contributed by atoms with Crippen LogP contribution in [0.2, 0.25) is 0 Å². The minimum absolute atomic E-state index is 0.309. The highest BCUT2D eigenvalue weighted by atomic mass is 32.2. The molecule has 4 rings (SSSR count). The molecule has 0 aliphatic rings. The summed E-state index contributed by atoms with van der Waals surface area (Å²) in [4.78, 5) is 4.34. The fraction of sp³-hybridized carbons (Fsp3) is 0.167. The van der Waals surface area contributed by atoms with E-state index in [0.29, 0.717) is 28.2 Å². The maximum Gasteiger partial charge on any atom is 0.237 e. The van der Waals surface area contributed by atoms with Crippen molar-refractivity contribution in [2.24, 2.45) is 0 Å². The zero-order chi connectivity index (χ0) is 18.8. The van der Waals surface area contributed by atoms with Crippen LogP contribution in [0.25, 0.3) is 17.1 Å². The molecule has 2 aromatic carbocycles. The third-order valence-corrected chi connectivity index (χ3v) is 4.98. The number of hydrogen-bond donors (Lipinski definition) is 0. The highest BCUT2D eigenvalue weighted by molar-refractivity contribution is 7.98. The number of tetrazole rings is 1. The van der Waals surface area contributed by atoms with Crippen molar-refractivity contribution in [2.45, 2.75) is 24.8 Å². The zero-order valence-electron chi connectivity index (χ0n) is 14.6. The van der Waals surface area contributed by atoms with E-state index >= 15 is 0 Å². The summed E-state index contributed by atoms with van der Waals surface area (Å²) in [6.45, 7) is 4.11. The standard InChI is InChI=1S/C18H15FN6OS/c1-11-3-8-15(9-12(11)2)25-18(21-23-24-25)27-10-16-20-17(22-26-16)13-4-6-14(19)7-5-13/h3-9H,10H2,1-2H3. The summed E-state index contributed by atoms with van der Waals surface area (Å²) in [6.07, 6.45) is 0. The van der Waals surface area contributed by atoms with Crippen LogP contribution in [0.3, 0.4) is 0 Å². The first-order valence-electron chi connectivity index (χ1n) is 8.17. The monoisotopic (exact) mass is 382 g/mol. The van der Waals surface area contributed by atoms with Crippen LogP contribution < -0.4 is 0 Å². The Hall–Kier alpha value is -3.07. The molecule has 7 nitrogen and oxygen atoms in total. The highest BCUT2D eigenvalue weighted by Gasteiger charge is 2.14. The van der Waals surface area contributed by atoms with Gasteiger partial charge in [-0.25, -0.2) is 4.39 Å². The maximum atomic E-state index is 13.0. The molecule has 4 aromatic rings. The van der Waals surface area contributed by atoms with Gasteiger partial charge in [-0.3, -0.25) is 0 Å². The van der Waals surface area contributed by atoms with Gasteiger partial charge >= 0.3 is 0 Å². The smallest absolute Gasteiger partial charge is 0.237 e. The molecule has 0 radical (unpaired) electrons. The lowest BCUT2D eigenvalue weighted by atomic mass is 10.1. The van der Waals surface area contributed by atoms with Gasteiger partial charge < -0.3 is 4.52 Å². The Morgan fingerprint density at radius 2 is 1.89 bits per heavy atom. The summed E-state index contributed by atoms with van der Waals surface area (Å²) in [7, 11) is 0. The molecule has 0 aliphatic carbocycles. The van der Waals surface area contributed by atoms with Crippen molar-refractivity contribution in [2.75, 3.05) is 0 Å². The molecular formula is C18H15FN6OS. The van der Waals surface area contributed by atoms with Gasteiger partial charge in [0.1, 0.15) is 5.82 Å². The molecule has 0 aliphatic heterocycles. The molecule has 2 aromatic heterocycles. The van der Waals surface area contributed by atoms with Crippen molar-refractivity contribution in [1.29, 1.82) is 0 Å². The molecular weight excluding hydrogens is 367 g/mol. The van der Waals surface area contributed by atoms with E-state index in [1.807, 2.05) is 25.1 Å². The predicted octanol–water partition coefficient (Wildman–Crippen LogP) is 3.76. The van der Waals surface area contributed by atoms with Crippen molar-refractivity contribution >= 4 is 11.8 Å². The van der Waals surface area contributed by atoms with Crippen molar-refractivity contribution in [3.8, 4) is 17.1 Å². The molecule has 136 valence electrons. The number of thioether (sulfide) groups is 1. The van der Waals surface area contributed by atoms with E-state index < -0.39 is 0 Å². The van der Waals surface area contributed by atoms with Crippen molar-refractivity contribution in [3.05, 3.63) is 65.3 Å². The van der Waals surface area contributed by atoms with Gasteiger partial charge in [0.05, 0.1) is 11.4 Å². The van der Waals surface area contributed by atoms with E-state index in [0.717, 1.165) is 5.69 Å². The van der Waals surface area contributed by atoms with Crippen molar-refractivity contribution in [1.82, 2.24) is 30.3 Å². The van der Waals surface area contributed by atoms with Gasteiger partial charge in [-0.15, -0.1) is 5.10 Å².